The summed E-state index contributed by atoms with van der Waals surface area (Å²) in [4.78, 5) is 4.57. The van der Waals surface area contributed by atoms with Crippen molar-refractivity contribution in [3.05, 3.63) is 65.2 Å². The van der Waals surface area contributed by atoms with E-state index >= 15 is 4.39 Å². The Labute approximate surface area is 180 Å². The lowest BCUT2D eigenvalue weighted by atomic mass is 9.81. The molecule has 1 saturated heterocycles. The van der Waals surface area contributed by atoms with Crippen LogP contribution >= 0.6 is 0 Å². The predicted octanol–water partition coefficient (Wildman–Crippen LogP) is 3.26. The van der Waals surface area contributed by atoms with E-state index in [-0.39, 0.29) is 24.4 Å². The van der Waals surface area contributed by atoms with E-state index in [1.165, 1.54) is 51.3 Å². The average Bonchev–Trinajstić information content (AvgIpc) is 2.73. The number of ether oxygens (including phenoxy) is 2. The zero-order valence-electron chi connectivity index (χ0n) is 17.4. The van der Waals surface area contributed by atoms with Crippen LogP contribution in [0.1, 0.15) is 37.5 Å². The first-order valence-electron chi connectivity index (χ1n) is 9.83. The molecule has 0 radical (unpaired) electrons. The van der Waals surface area contributed by atoms with E-state index in [0.717, 1.165) is 0 Å². The molecular weight excluding hydrogens is 426 g/mol. The topological polar surface area (TPSA) is 91.0 Å². The predicted molar refractivity (Wildman–Crippen MR) is 113 cm³/mol. The van der Waals surface area contributed by atoms with E-state index in [0.29, 0.717) is 11.3 Å². The first-order chi connectivity index (χ1) is 14.5. The zero-order valence-corrected chi connectivity index (χ0v) is 18.2. The van der Waals surface area contributed by atoms with Crippen molar-refractivity contribution in [2.45, 2.75) is 41.9 Å². The number of amidine groups is 1. The smallest absolute Gasteiger partial charge is 0.168 e. The van der Waals surface area contributed by atoms with Crippen LogP contribution in [0.3, 0.4) is 0 Å². The highest BCUT2D eigenvalue weighted by Gasteiger charge is 2.61. The monoisotopic (exact) mass is 450 g/mol. The molecular formula is C22H24F2N2O4S. The maximum atomic E-state index is 15.0. The maximum absolute atomic E-state index is 15.0. The van der Waals surface area contributed by atoms with Crippen molar-refractivity contribution < 1.29 is 26.7 Å². The second-order valence-corrected chi connectivity index (χ2v) is 11.1. The molecule has 0 amide bonds. The largest absolute Gasteiger partial charge is 0.497 e. The molecule has 0 unspecified atom stereocenters. The van der Waals surface area contributed by atoms with Crippen LogP contribution in [-0.2, 0) is 20.1 Å². The molecule has 2 aliphatic heterocycles. The number of aliphatic imine (C=N–C) groups is 1. The molecule has 4 rings (SSSR count). The Hall–Kier alpha value is -2.52. The van der Waals surface area contributed by atoms with Crippen LogP contribution in [0.2, 0.25) is 0 Å². The van der Waals surface area contributed by atoms with E-state index in [2.05, 4.69) is 4.99 Å². The van der Waals surface area contributed by atoms with Crippen LogP contribution in [0.5, 0.6) is 5.75 Å². The van der Waals surface area contributed by atoms with Gasteiger partial charge in [0.15, 0.2) is 9.84 Å². The summed E-state index contributed by atoms with van der Waals surface area (Å²) in [7, 11) is -2.48. The van der Waals surface area contributed by atoms with Gasteiger partial charge in [0.1, 0.15) is 33.5 Å². The molecule has 31 heavy (non-hydrogen) atoms. The van der Waals surface area contributed by atoms with Gasteiger partial charge in [-0.05, 0) is 56.2 Å². The first kappa shape index (κ1) is 21.7. The number of halogens is 2. The summed E-state index contributed by atoms with van der Waals surface area (Å²) in [6, 6.07) is 9.78. The molecule has 2 aromatic rings. The number of sulfone groups is 1. The summed E-state index contributed by atoms with van der Waals surface area (Å²) in [5.74, 6) is -0.770. The molecule has 0 bridgehead atoms. The van der Waals surface area contributed by atoms with Gasteiger partial charge in [0.25, 0.3) is 0 Å². The summed E-state index contributed by atoms with van der Waals surface area (Å²) in [5, 5.41) is -1.10. The van der Waals surface area contributed by atoms with Crippen LogP contribution in [0.25, 0.3) is 0 Å². The fraction of sp³-hybridized carbons (Fsp3) is 0.409. The Balaban J connectivity index is 1.90. The highest BCUT2D eigenvalue weighted by atomic mass is 32.2. The van der Waals surface area contributed by atoms with Crippen LogP contribution < -0.4 is 10.5 Å². The number of benzene rings is 2. The lowest BCUT2D eigenvalue weighted by Crippen LogP contribution is -2.64. The van der Waals surface area contributed by atoms with E-state index < -0.39 is 43.1 Å². The normalized spacial score (nSPS) is 29.0. The summed E-state index contributed by atoms with van der Waals surface area (Å²) in [6.45, 7) is 2.78. The van der Waals surface area contributed by atoms with Gasteiger partial charge in [-0.15, -0.1) is 0 Å². The molecule has 1 fully saturated rings. The second-order valence-electron chi connectivity index (χ2n) is 8.40. The Morgan fingerprint density at radius 1 is 1.16 bits per heavy atom. The minimum atomic E-state index is -3.92. The lowest BCUT2D eigenvalue weighted by Gasteiger charge is -2.49. The average molecular weight is 451 g/mol. The molecule has 0 aliphatic carbocycles. The van der Waals surface area contributed by atoms with Crippen molar-refractivity contribution in [2.75, 3.05) is 13.7 Å². The van der Waals surface area contributed by atoms with Crippen molar-refractivity contribution in [1.82, 2.24) is 0 Å². The Kier molecular flexibility index (Phi) is 5.09. The highest BCUT2D eigenvalue weighted by molar-refractivity contribution is 7.94. The molecule has 0 spiro atoms. The quantitative estimate of drug-likeness (QED) is 0.775. The van der Waals surface area contributed by atoms with E-state index in [1.54, 1.807) is 12.1 Å². The van der Waals surface area contributed by atoms with Crippen LogP contribution in [0.15, 0.2) is 47.5 Å². The summed E-state index contributed by atoms with van der Waals surface area (Å²) < 4.78 is 65.7. The molecule has 6 nitrogen and oxygen atoms in total. The molecule has 2 aliphatic rings. The molecule has 0 saturated carbocycles. The van der Waals surface area contributed by atoms with Gasteiger partial charge in [-0.1, -0.05) is 12.1 Å². The van der Waals surface area contributed by atoms with Crippen molar-refractivity contribution in [3.63, 3.8) is 0 Å². The third-order valence-corrected chi connectivity index (χ3v) is 9.33. The molecule has 0 aromatic heterocycles. The third-order valence-electron chi connectivity index (χ3n) is 6.37. The van der Waals surface area contributed by atoms with Gasteiger partial charge >= 0.3 is 0 Å². The molecule has 3 atom stereocenters. The number of nitrogens with two attached hydrogens (primary N) is 1. The van der Waals surface area contributed by atoms with Gasteiger partial charge in [-0.25, -0.2) is 17.2 Å². The third kappa shape index (κ3) is 3.22. The number of nitrogens with zero attached hydrogens (tertiary/aromatic N) is 1. The van der Waals surface area contributed by atoms with Gasteiger partial charge in [-0.2, -0.15) is 0 Å². The summed E-state index contributed by atoms with van der Waals surface area (Å²) in [6.07, 6.45) is -0.599. The number of fused-ring (bicyclic) bond motifs is 1. The Bertz CT molecular complexity index is 1150. The van der Waals surface area contributed by atoms with E-state index in [4.69, 9.17) is 15.2 Å². The number of methoxy groups -OCH3 is 1. The maximum Gasteiger partial charge on any atom is 0.168 e. The van der Waals surface area contributed by atoms with Crippen molar-refractivity contribution >= 4 is 15.7 Å². The molecule has 166 valence electrons. The van der Waals surface area contributed by atoms with Gasteiger partial charge in [0.2, 0.25) is 0 Å². The molecule has 2 heterocycles. The van der Waals surface area contributed by atoms with Gasteiger partial charge in [-0.3, -0.25) is 4.99 Å². The standard InChI is InChI=1S/C22H24F2N2O4S/c1-21(2)20(25)26-22(16-10-15(29-3)8-9-17(16)24)12-30-18(11-19(22)31(21,27)28)13-4-6-14(23)7-5-13/h4-10,18-19H,11-12H2,1-3H3,(H2,25,26)/t18-,19-,22-/m1/s1. The minimum Gasteiger partial charge on any atom is -0.497 e. The summed E-state index contributed by atoms with van der Waals surface area (Å²) in [5.41, 5.74) is 5.25. The van der Waals surface area contributed by atoms with Gasteiger partial charge in [0, 0.05) is 5.56 Å². The van der Waals surface area contributed by atoms with E-state index in [1.807, 2.05) is 0 Å². The lowest BCUT2D eigenvalue weighted by molar-refractivity contribution is -0.0298. The fourth-order valence-electron chi connectivity index (χ4n) is 4.30. The Morgan fingerprint density at radius 2 is 1.84 bits per heavy atom. The molecule has 2 N–H and O–H groups in total. The van der Waals surface area contributed by atoms with Gasteiger partial charge in [0.05, 0.1) is 25.1 Å². The van der Waals surface area contributed by atoms with Crippen LogP contribution in [0.4, 0.5) is 8.78 Å². The first-order valence-corrected chi connectivity index (χ1v) is 11.4. The van der Waals surface area contributed by atoms with Crippen molar-refractivity contribution in [3.8, 4) is 5.75 Å². The Morgan fingerprint density at radius 3 is 2.48 bits per heavy atom. The van der Waals surface area contributed by atoms with Crippen molar-refractivity contribution in [1.29, 1.82) is 0 Å². The van der Waals surface area contributed by atoms with Crippen LogP contribution in [-0.4, -0.2) is 38.0 Å². The molecule has 2 aromatic carbocycles. The number of hydrogen-bond acceptors (Lipinski definition) is 6. The number of rotatable bonds is 3. The SMILES string of the molecule is COc1ccc(F)c([C@]23CO[C@@H](c4ccc(F)cc4)C[C@H]2S(=O)(=O)C(C)(C)C(N)=N3)c1. The minimum absolute atomic E-state index is 0.0187. The molecule has 9 heteroatoms. The van der Waals surface area contributed by atoms with E-state index in [9.17, 15) is 12.8 Å². The van der Waals surface area contributed by atoms with Gasteiger partial charge < -0.3 is 15.2 Å². The number of hydrogen-bond donors (Lipinski definition) is 1. The zero-order chi connectivity index (χ0) is 22.6. The summed E-state index contributed by atoms with van der Waals surface area (Å²) >= 11 is 0. The fourth-order valence-corrected chi connectivity index (χ4v) is 6.54. The second kappa shape index (κ2) is 7.27. The van der Waals surface area contributed by atoms with Crippen molar-refractivity contribution in [2.24, 2.45) is 10.7 Å². The highest BCUT2D eigenvalue weighted by Crippen LogP contribution is 2.50. The van der Waals surface area contributed by atoms with Crippen LogP contribution in [0, 0.1) is 11.6 Å².